The van der Waals surface area contributed by atoms with Crippen LogP contribution in [0, 0.1) is 0 Å². The molecule has 1 aliphatic heterocycles. The highest BCUT2D eigenvalue weighted by atomic mass is 16.5. The van der Waals surface area contributed by atoms with Crippen LogP contribution in [0.5, 0.6) is 0 Å². The smallest absolute Gasteiger partial charge is 0.0823 e. The van der Waals surface area contributed by atoms with Crippen LogP contribution in [0.3, 0.4) is 0 Å². The van der Waals surface area contributed by atoms with Crippen LogP contribution in [0.4, 0.5) is 0 Å². The van der Waals surface area contributed by atoms with Gasteiger partial charge in [0.25, 0.3) is 0 Å². The van der Waals surface area contributed by atoms with Crippen molar-refractivity contribution in [3.63, 3.8) is 0 Å². The highest BCUT2D eigenvalue weighted by Crippen LogP contribution is 2.23. The Morgan fingerprint density at radius 3 is 2.81 bits per heavy atom. The van der Waals surface area contributed by atoms with Crippen molar-refractivity contribution in [1.82, 2.24) is 4.90 Å². The Hall–Kier alpha value is -0.160. The molecular weight excluding hydrogens is 204 g/mol. The Labute approximate surface area is 99.1 Å². The summed E-state index contributed by atoms with van der Waals surface area (Å²) in [5.41, 5.74) is 5.70. The second kappa shape index (κ2) is 6.55. The van der Waals surface area contributed by atoms with E-state index in [1.807, 2.05) is 6.92 Å². The van der Waals surface area contributed by atoms with Crippen LogP contribution in [0.1, 0.15) is 26.7 Å². The first kappa shape index (κ1) is 13.9. The fourth-order valence-electron chi connectivity index (χ4n) is 2.35. The van der Waals surface area contributed by atoms with Gasteiger partial charge in [-0.1, -0.05) is 0 Å². The lowest BCUT2D eigenvalue weighted by molar-refractivity contribution is -0.0631. The standard InChI is InChI=1S/C12H26N2O2/c1-4-16-11(8-13)9-14-7-5-6-12(2,10-14)15-3/h11H,4-10,13H2,1-3H3. The molecular formula is C12H26N2O2. The van der Waals surface area contributed by atoms with Gasteiger partial charge in [-0.25, -0.2) is 0 Å². The Bertz CT molecular complexity index is 201. The number of nitrogens with two attached hydrogens (primary N) is 1. The van der Waals surface area contributed by atoms with Crippen molar-refractivity contribution in [2.75, 3.05) is 39.9 Å². The van der Waals surface area contributed by atoms with Gasteiger partial charge in [0, 0.05) is 33.4 Å². The summed E-state index contributed by atoms with van der Waals surface area (Å²) >= 11 is 0. The second-order valence-electron chi connectivity index (χ2n) is 4.81. The van der Waals surface area contributed by atoms with Gasteiger partial charge in [0.2, 0.25) is 0 Å². The molecule has 4 heteroatoms. The van der Waals surface area contributed by atoms with Crippen molar-refractivity contribution in [3.8, 4) is 0 Å². The van der Waals surface area contributed by atoms with E-state index in [2.05, 4.69) is 11.8 Å². The predicted octanol–water partition coefficient (Wildman–Crippen LogP) is 0.851. The number of hydrogen-bond acceptors (Lipinski definition) is 4. The van der Waals surface area contributed by atoms with Crippen LogP contribution in [0.15, 0.2) is 0 Å². The Balaban J connectivity index is 2.41. The van der Waals surface area contributed by atoms with Gasteiger partial charge >= 0.3 is 0 Å². The molecule has 0 aromatic carbocycles. The third-order valence-corrected chi connectivity index (χ3v) is 3.36. The lowest BCUT2D eigenvalue weighted by atomic mass is 9.94. The molecule has 0 aliphatic carbocycles. The van der Waals surface area contributed by atoms with Crippen LogP contribution in [0.25, 0.3) is 0 Å². The molecule has 0 radical (unpaired) electrons. The zero-order valence-corrected chi connectivity index (χ0v) is 10.9. The topological polar surface area (TPSA) is 47.7 Å². The first-order valence-corrected chi connectivity index (χ1v) is 6.22. The van der Waals surface area contributed by atoms with E-state index in [1.165, 1.54) is 6.42 Å². The number of rotatable bonds is 6. The van der Waals surface area contributed by atoms with E-state index in [-0.39, 0.29) is 11.7 Å². The van der Waals surface area contributed by atoms with Gasteiger partial charge in [0.15, 0.2) is 0 Å². The zero-order valence-electron chi connectivity index (χ0n) is 10.9. The summed E-state index contributed by atoms with van der Waals surface area (Å²) in [5, 5.41) is 0. The monoisotopic (exact) mass is 230 g/mol. The van der Waals surface area contributed by atoms with Crippen molar-refractivity contribution in [2.24, 2.45) is 5.73 Å². The van der Waals surface area contributed by atoms with Crippen LogP contribution in [0.2, 0.25) is 0 Å². The maximum atomic E-state index is 5.69. The summed E-state index contributed by atoms with van der Waals surface area (Å²) in [5.74, 6) is 0. The first-order chi connectivity index (χ1) is 7.63. The van der Waals surface area contributed by atoms with E-state index in [9.17, 15) is 0 Å². The van der Waals surface area contributed by atoms with E-state index in [0.29, 0.717) is 6.54 Å². The number of methoxy groups -OCH3 is 1. The first-order valence-electron chi connectivity index (χ1n) is 6.22. The van der Waals surface area contributed by atoms with Gasteiger partial charge in [-0.05, 0) is 33.2 Å². The van der Waals surface area contributed by atoms with E-state index in [0.717, 1.165) is 32.7 Å². The maximum absolute atomic E-state index is 5.69. The summed E-state index contributed by atoms with van der Waals surface area (Å²) in [6.45, 7) is 8.54. The zero-order chi connectivity index (χ0) is 12.0. The molecule has 4 nitrogen and oxygen atoms in total. The van der Waals surface area contributed by atoms with Gasteiger partial charge in [0.05, 0.1) is 11.7 Å². The summed E-state index contributed by atoms with van der Waals surface area (Å²) in [6, 6.07) is 0. The minimum Gasteiger partial charge on any atom is -0.377 e. The van der Waals surface area contributed by atoms with Crippen molar-refractivity contribution < 1.29 is 9.47 Å². The van der Waals surface area contributed by atoms with Gasteiger partial charge < -0.3 is 15.2 Å². The number of hydrogen-bond donors (Lipinski definition) is 1. The average molecular weight is 230 g/mol. The normalized spacial score (nSPS) is 29.2. The fraction of sp³-hybridized carbons (Fsp3) is 1.00. The third kappa shape index (κ3) is 4.01. The third-order valence-electron chi connectivity index (χ3n) is 3.36. The van der Waals surface area contributed by atoms with Crippen LogP contribution >= 0.6 is 0 Å². The molecule has 2 atom stereocenters. The van der Waals surface area contributed by atoms with E-state index >= 15 is 0 Å². The average Bonchev–Trinajstić information content (AvgIpc) is 2.29. The lowest BCUT2D eigenvalue weighted by Gasteiger charge is -2.40. The van der Waals surface area contributed by atoms with Gasteiger partial charge in [-0.2, -0.15) is 0 Å². The van der Waals surface area contributed by atoms with E-state index in [1.54, 1.807) is 7.11 Å². The molecule has 1 rings (SSSR count). The Morgan fingerprint density at radius 1 is 1.50 bits per heavy atom. The number of likely N-dealkylation sites (tertiary alicyclic amines) is 1. The molecule has 1 fully saturated rings. The molecule has 2 N–H and O–H groups in total. The molecule has 1 heterocycles. The van der Waals surface area contributed by atoms with E-state index in [4.69, 9.17) is 15.2 Å². The highest BCUT2D eigenvalue weighted by Gasteiger charge is 2.31. The maximum Gasteiger partial charge on any atom is 0.0823 e. The summed E-state index contributed by atoms with van der Waals surface area (Å²) in [6.07, 6.45) is 2.49. The van der Waals surface area contributed by atoms with Crippen LogP contribution in [-0.2, 0) is 9.47 Å². The minimum absolute atomic E-state index is 0.00358. The predicted molar refractivity (Wildman–Crippen MR) is 65.6 cm³/mol. The lowest BCUT2D eigenvalue weighted by Crippen LogP contribution is -2.50. The molecule has 1 aliphatic rings. The molecule has 0 saturated carbocycles. The van der Waals surface area contributed by atoms with Crippen molar-refractivity contribution in [1.29, 1.82) is 0 Å². The molecule has 0 amide bonds. The molecule has 1 saturated heterocycles. The van der Waals surface area contributed by atoms with Gasteiger partial charge in [-0.15, -0.1) is 0 Å². The van der Waals surface area contributed by atoms with Gasteiger partial charge in [0.1, 0.15) is 0 Å². The fourth-order valence-corrected chi connectivity index (χ4v) is 2.35. The Morgan fingerprint density at radius 2 is 2.25 bits per heavy atom. The van der Waals surface area contributed by atoms with E-state index < -0.39 is 0 Å². The van der Waals surface area contributed by atoms with Crippen molar-refractivity contribution >= 4 is 0 Å². The minimum atomic E-state index is 0.00358. The van der Waals surface area contributed by atoms with Crippen LogP contribution in [-0.4, -0.2) is 56.5 Å². The largest absolute Gasteiger partial charge is 0.377 e. The van der Waals surface area contributed by atoms with Crippen LogP contribution < -0.4 is 5.73 Å². The molecule has 2 unspecified atom stereocenters. The highest BCUT2D eigenvalue weighted by molar-refractivity contribution is 4.85. The van der Waals surface area contributed by atoms with Gasteiger partial charge in [-0.3, -0.25) is 4.90 Å². The molecule has 96 valence electrons. The SMILES string of the molecule is CCOC(CN)CN1CCCC(C)(OC)C1. The Kier molecular flexibility index (Phi) is 5.69. The number of ether oxygens (including phenoxy) is 2. The summed E-state index contributed by atoms with van der Waals surface area (Å²) < 4.78 is 11.2. The molecule has 0 aromatic rings. The summed E-state index contributed by atoms with van der Waals surface area (Å²) in [7, 11) is 1.80. The number of nitrogens with zero attached hydrogens (tertiary/aromatic N) is 1. The molecule has 0 spiro atoms. The summed E-state index contributed by atoms with van der Waals surface area (Å²) in [4.78, 5) is 2.40. The molecule has 0 aromatic heterocycles. The van der Waals surface area contributed by atoms with Crippen molar-refractivity contribution in [2.45, 2.75) is 38.4 Å². The molecule has 0 bridgehead atoms. The second-order valence-corrected chi connectivity index (χ2v) is 4.81. The number of piperidine rings is 1. The molecule has 16 heavy (non-hydrogen) atoms. The quantitative estimate of drug-likeness (QED) is 0.735. The van der Waals surface area contributed by atoms with Crippen molar-refractivity contribution in [3.05, 3.63) is 0 Å².